The highest BCUT2D eigenvalue weighted by Crippen LogP contribution is 2.46. The summed E-state index contributed by atoms with van der Waals surface area (Å²) < 4.78 is 24.0. The number of carbonyl (C=O) groups is 2. The number of Topliss-reactive ketones (excluding diaryl/α,β-unsaturated/α-hetero) is 1. The third-order valence-electron chi connectivity index (χ3n) is 6.56. The zero-order chi connectivity index (χ0) is 26.0. The van der Waals surface area contributed by atoms with Crippen LogP contribution in [0.1, 0.15) is 64.5 Å². The van der Waals surface area contributed by atoms with Gasteiger partial charge in [-0.1, -0.05) is 64.1 Å². The van der Waals surface area contributed by atoms with Crippen molar-refractivity contribution in [2.24, 2.45) is 17.0 Å². The fourth-order valence-electron chi connectivity index (χ4n) is 4.62. The van der Waals surface area contributed by atoms with Gasteiger partial charge in [0, 0.05) is 5.56 Å². The number of para-hydroxylation sites is 1. The van der Waals surface area contributed by atoms with Crippen LogP contribution in [0, 0.1) is 11.8 Å². The van der Waals surface area contributed by atoms with Gasteiger partial charge >= 0.3 is 0 Å². The summed E-state index contributed by atoms with van der Waals surface area (Å²) in [7, 11) is -4.12. The molecule has 0 atom stereocenters. The summed E-state index contributed by atoms with van der Waals surface area (Å²) in [6.07, 6.45) is 2.60. The molecular formula is C27H34N2O5S. The highest BCUT2D eigenvalue weighted by Gasteiger charge is 2.48. The van der Waals surface area contributed by atoms with E-state index in [4.69, 9.17) is 5.14 Å². The van der Waals surface area contributed by atoms with E-state index >= 15 is 0 Å². The highest BCUT2D eigenvalue weighted by molar-refractivity contribution is 7.89. The van der Waals surface area contributed by atoms with E-state index in [1.807, 2.05) is 12.1 Å². The Hall–Kier alpha value is -2.97. The minimum atomic E-state index is -4.12. The van der Waals surface area contributed by atoms with E-state index in [9.17, 15) is 23.1 Å². The SMILES string of the molecule is CC(C)CCC1(CCC(C)C)C(=O)C(C(=O)Nc2ccccc2S(N)(=O)=O)=C(O)c2ccccc21. The number of nitrogens with two attached hydrogens (primary N) is 1. The first-order valence-electron chi connectivity index (χ1n) is 11.9. The number of primary sulfonamides is 1. The Kier molecular flexibility index (Phi) is 7.87. The van der Waals surface area contributed by atoms with E-state index in [0.29, 0.717) is 30.2 Å². The second kappa shape index (κ2) is 10.3. The van der Waals surface area contributed by atoms with Gasteiger partial charge in [0.25, 0.3) is 5.91 Å². The van der Waals surface area contributed by atoms with Gasteiger partial charge in [0.1, 0.15) is 16.2 Å². The topological polar surface area (TPSA) is 127 Å². The van der Waals surface area contributed by atoms with Crippen molar-refractivity contribution in [1.29, 1.82) is 0 Å². The van der Waals surface area contributed by atoms with Crippen molar-refractivity contribution in [3.63, 3.8) is 0 Å². The number of sulfonamides is 1. The predicted molar refractivity (Wildman–Crippen MR) is 137 cm³/mol. The third-order valence-corrected chi connectivity index (χ3v) is 7.53. The summed E-state index contributed by atoms with van der Waals surface area (Å²) in [6, 6.07) is 12.9. The van der Waals surface area contributed by atoms with Crippen LogP contribution in [0.3, 0.4) is 0 Å². The molecule has 0 unspecified atom stereocenters. The van der Waals surface area contributed by atoms with E-state index < -0.39 is 32.9 Å². The number of ketones is 1. The van der Waals surface area contributed by atoms with Crippen molar-refractivity contribution in [3.8, 4) is 0 Å². The van der Waals surface area contributed by atoms with Gasteiger partial charge in [-0.2, -0.15) is 0 Å². The van der Waals surface area contributed by atoms with Gasteiger partial charge in [-0.05, 0) is 55.2 Å². The molecule has 8 heteroatoms. The molecule has 2 aromatic rings. The van der Waals surface area contributed by atoms with Crippen LogP contribution in [0.25, 0.3) is 5.76 Å². The van der Waals surface area contributed by atoms with E-state index in [2.05, 4.69) is 33.0 Å². The lowest BCUT2D eigenvalue weighted by molar-refractivity contribution is -0.125. The number of aliphatic hydroxyl groups excluding tert-OH is 1. The quantitative estimate of drug-likeness (QED) is 0.422. The molecule has 2 aromatic carbocycles. The summed E-state index contributed by atoms with van der Waals surface area (Å²) in [5.74, 6) is -1.04. The van der Waals surface area contributed by atoms with Crippen LogP contribution in [0.15, 0.2) is 59.0 Å². The maximum atomic E-state index is 14.1. The van der Waals surface area contributed by atoms with Crippen molar-refractivity contribution in [1.82, 2.24) is 0 Å². The number of rotatable bonds is 9. The first kappa shape index (κ1) is 26.6. The number of amides is 1. The minimum absolute atomic E-state index is 0.0538. The van der Waals surface area contributed by atoms with Gasteiger partial charge in [-0.3, -0.25) is 9.59 Å². The molecule has 3 rings (SSSR count). The minimum Gasteiger partial charge on any atom is -0.506 e. The second-order valence-electron chi connectivity index (χ2n) is 10.0. The summed E-state index contributed by atoms with van der Waals surface area (Å²) >= 11 is 0. The summed E-state index contributed by atoms with van der Waals surface area (Å²) in [5, 5.41) is 18.9. The van der Waals surface area contributed by atoms with E-state index in [1.54, 1.807) is 18.2 Å². The van der Waals surface area contributed by atoms with Gasteiger partial charge in [0.05, 0.1) is 11.1 Å². The third kappa shape index (κ3) is 5.49. The van der Waals surface area contributed by atoms with E-state index in [0.717, 1.165) is 18.4 Å². The molecule has 1 aliphatic carbocycles. The molecule has 4 N–H and O–H groups in total. The second-order valence-corrected chi connectivity index (χ2v) is 11.6. The number of fused-ring (bicyclic) bond motifs is 1. The molecular weight excluding hydrogens is 464 g/mol. The molecule has 0 heterocycles. The Morgan fingerprint density at radius 2 is 1.51 bits per heavy atom. The van der Waals surface area contributed by atoms with Crippen LogP contribution in [-0.4, -0.2) is 25.2 Å². The molecule has 188 valence electrons. The molecule has 0 saturated heterocycles. The maximum absolute atomic E-state index is 14.1. The van der Waals surface area contributed by atoms with Gasteiger partial charge in [-0.15, -0.1) is 0 Å². The molecule has 0 spiro atoms. The Morgan fingerprint density at radius 3 is 2.09 bits per heavy atom. The Labute approximate surface area is 207 Å². The van der Waals surface area contributed by atoms with Gasteiger partial charge in [-0.25, -0.2) is 13.6 Å². The smallest absolute Gasteiger partial charge is 0.263 e. The first-order valence-corrected chi connectivity index (χ1v) is 13.4. The van der Waals surface area contributed by atoms with Crippen LogP contribution in [0.5, 0.6) is 0 Å². The average molecular weight is 499 g/mol. The highest BCUT2D eigenvalue weighted by atomic mass is 32.2. The number of anilines is 1. The maximum Gasteiger partial charge on any atom is 0.263 e. The molecule has 0 bridgehead atoms. The monoisotopic (exact) mass is 498 g/mol. The van der Waals surface area contributed by atoms with Crippen molar-refractivity contribution < 1.29 is 23.1 Å². The Bertz CT molecular complexity index is 1250. The molecule has 0 fully saturated rings. The zero-order valence-electron chi connectivity index (χ0n) is 20.7. The van der Waals surface area contributed by atoms with E-state index in [-0.39, 0.29) is 16.2 Å². The molecule has 0 aliphatic heterocycles. The number of aliphatic hydroxyl groups is 1. The van der Waals surface area contributed by atoms with Crippen molar-refractivity contribution >= 4 is 33.2 Å². The number of hydrogen-bond acceptors (Lipinski definition) is 5. The molecule has 35 heavy (non-hydrogen) atoms. The summed E-state index contributed by atoms with van der Waals surface area (Å²) in [5.41, 5.74) is -0.208. The first-order chi connectivity index (χ1) is 16.4. The number of benzene rings is 2. The summed E-state index contributed by atoms with van der Waals surface area (Å²) in [4.78, 5) is 27.3. The predicted octanol–water partition coefficient (Wildman–Crippen LogP) is 4.93. The lowest BCUT2D eigenvalue weighted by Gasteiger charge is -2.39. The standard InChI is InChI=1S/C27H34N2O5S/c1-17(2)13-15-27(16-14-18(3)4)20-10-6-5-9-19(20)24(30)23(25(27)31)26(32)29-21-11-7-8-12-22(21)35(28,33)34/h5-12,17-18,30H,13-16H2,1-4H3,(H,29,32)(H2,28,33,34). The lowest BCUT2D eigenvalue weighted by Crippen LogP contribution is -2.44. The van der Waals surface area contributed by atoms with Crippen LogP contribution >= 0.6 is 0 Å². The molecule has 0 aromatic heterocycles. The van der Waals surface area contributed by atoms with Gasteiger partial charge < -0.3 is 10.4 Å². The molecule has 0 radical (unpaired) electrons. The average Bonchev–Trinajstić information content (AvgIpc) is 2.78. The van der Waals surface area contributed by atoms with Crippen LogP contribution in [0.4, 0.5) is 5.69 Å². The van der Waals surface area contributed by atoms with E-state index in [1.165, 1.54) is 18.2 Å². The zero-order valence-corrected chi connectivity index (χ0v) is 21.5. The molecule has 0 saturated carbocycles. The summed E-state index contributed by atoms with van der Waals surface area (Å²) in [6.45, 7) is 8.34. The Morgan fingerprint density at radius 1 is 0.971 bits per heavy atom. The van der Waals surface area contributed by atoms with Gasteiger partial charge in [0.2, 0.25) is 10.0 Å². The van der Waals surface area contributed by atoms with Crippen molar-refractivity contribution in [2.45, 2.75) is 63.7 Å². The van der Waals surface area contributed by atoms with Gasteiger partial charge in [0.15, 0.2) is 5.78 Å². The lowest BCUT2D eigenvalue weighted by atomic mass is 9.62. The molecule has 1 aliphatic rings. The number of carbonyl (C=O) groups excluding carboxylic acids is 2. The number of nitrogens with one attached hydrogen (secondary N) is 1. The van der Waals surface area contributed by atoms with Crippen LogP contribution in [-0.2, 0) is 25.0 Å². The van der Waals surface area contributed by atoms with Crippen molar-refractivity contribution in [3.05, 3.63) is 65.2 Å². The van der Waals surface area contributed by atoms with Crippen LogP contribution < -0.4 is 10.5 Å². The largest absolute Gasteiger partial charge is 0.506 e. The molecule has 7 nitrogen and oxygen atoms in total. The van der Waals surface area contributed by atoms with Crippen molar-refractivity contribution in [2.75, 3.05) is 5.32 Å². The molecule has 1 amide bonds. The fraction of sp³-hybridized carbons (Fsp3) is 0.407. The number of hydrogen-bond donors (Lipinski definition) is 3. The normalized spacial score (nSPS) is 15.5. The van der Waals surface area contributed by atoms with Crippen LogP contribution in [0.2, 0.25) is 0 Å². The fourth-order valence-corrected chi connectivity index (χ4v) is 5.31. The Balaban J connectivity index is 2.15.